The predicted molar refractivity (Wildman–Crippen MR) is 57.3 cm³/mol. The normalized spacial score (nSPS) is 17.1. The number of unbranched alkanes of at least 4 members (excludes halogenated alkanes) is 1. The van der Waals surface area contributed by atoms with Gasteiger partial charge in [-0.3, -0.25) is 4.79 Å². The van der Waals surface area contributed by atoms with Crippen molar-refractivity contribution in [2.75, 3.05) is 7.11 Å². The predicted octanol–water partition coefficient (Wildman–Crippen LogP) is 2.95. The Kier molecular flexibility index (Phi) is 4.11. The summed E-state index contributed by atoms with van der Waals surface area (Å²) in [5.74, 6) is 0.922. The zero-order valence-electron chi connectivity index (χ0n) is 9.64. The maximum atomic E-state index is 11.4. The van der Waals surface area contributed by atoms with E-state index in [2.05, 4.69) is 13.8 Å². The zero-order valence-corrected chi connectivity index (χ0v) is 9.64. The van der Waals surface area contributed by atoms with Gasteiger partial charge >= 0.3 is 0 Å². The molecule has 1 aliphatic rings. The van der Waals surface area contributed by atoms with E-state index < -0.39 is 0 Å². The molecule has 0 N–H and O–H groups in total. The number of methoxy groups -OCH3 is 1. The highest BCUT2D eigenvalue weighted by molar-refractivity contribution is 5.82. The minimum absolute atomic E-state index is 0.0252. The summed E-state index contributed by atoms with van der Waals surface area (Å²) in [6.07, 6.45) is 6.23. The van der Waals surface area contributed by atoms with Gasteiger partial charge in [-0.2, -0.15) is 0 Å². The maximum absolute atomic E-state index is 11.4. The average molecular weight is 198 g/mol. The lowest BCUT2D eigenvalue weighted by Gasteiger charge is -2.22. The first-order valence-corrected chi connectivity index (χ1v) is 5.63. The van der Waals surface area contributed by atoms with E-state index in [1.807, 2.05) is 0 Å². The first-order chi connectivity index (χ1) is 6.55. The molecular weight excluding hydrogens is 176 g/mol. The quantitative estimate of drug-likeness (QED) is 0.588. The van der Waals surface area contributed by atoms with Gasteiger partial charge in [0.2, 0.25) is 0 Å². The Morgan fingerprint density at radius 1 is 1.36 bits per heavy atom. The molecule has 1 rings (SSSR count). The topological polar surface area (TPSA) is 26.3 Å². The first-order valence-electron chi connectivity index (χ1n) is 5.63. The number of ether oxygens (including phenoxy) is 1. The molecular formula is C12H22O2. The van der Waals surface area contributed by atoms with Crippen molar-refractivity contribution in [3.8, 4) is 0 Å². The largest absolute Gasteiger partial charge is 0.379 e. The van der Waals surface area contributed by atoms with Crippen LogP contribution >= 0.6 is 0 Å². The second-order valence-corrected chi connectivity index (χ2v) is 4.91. The minimum atomic E-state index is -0.0252. The molecule has 0 amide bonds. The van der Waals surface area contributed by atoms with Crippen LogP contribution in [0.2, 0.25) is 0 Å². The van der Waals surface area contributed by atoms with Gasteiger partial charge in [-0.15, -0.1) is 0 Å². The Balaban J connectivity index is 2.01. The third-order valence-corrected chi connectivity index (χ3v) is 3.04. The SMILES string of the molecule is COC(C)(C)CCCCC(=O)C1CC1. The Morgan fingerprint density at radius 2 is 2.00 bits per heavy atom. The van der Waals surface area contributed by atoms with Crippen molar-refractivity contribution in [3.63, 3.8) is 0 Å². The van der Waals surface area contributed by atoms with Crippen LogP contribution in [0.15, 0.2) is 0 Å². The van der Waals surface area contributed by atoms with Gasteiger partial charge in [-0.1, -0.05) is 6.42 Å². The van der Waals surface area contributed by atoms with Crippen LogP contribution in [0.4, 0.5) is 0 Å². The van der Waals surface area contributed by atoms with E-state index in [0.29, 0.717) is 11.7 Å². The summed E-state index contributed by atoms with van der Waals surface area (Å²) in [4.78, 5) is 11.4. The Hall–Kier alpha value is -0.370. The molecule has 0 unspecified atom stereocenters. The van der Waals surface area contributed by atoms with Crippen LogP contribution in [0.25, 0.3) is 0 Å². The van der Waals surface area contributed by atoms with E-state index in [1.165, 1.54) is 0 Å². The number of carbonyl (C=O) groups is 1. The van der Waals surface area contributed by atoms with E-state index >= 15 is 0 Å². The molecule has 0 radical (unpaired) electrons. The second kappa shape index (κ2) is 4.92. The van der Waals surface area contributed by atoms with Crippen LogP contribution in [0.3, 0.4) is 0 Å². The van der Waals surface area contributed by atoms with Crippen molar-refractivity contribution in [2.45, 2.75) is 58.0 Å². The Labute approximate surface area is 87.0 Å². The van der Waals surface area contributed by atoms with Crippen LogP contribution in [-0.2, 0) is 9.53 Å². The molecule has 0 aromatic heterocycles. The fourth-order valence-electron chi connectivity index (χ4n) is 1.56. The number of hydrogen-bond donors (Lipinski definition) is 0. The molecule has 2 heteroatoms. The average Bonchev–Trinajstić information content (AvgIpc) is 2.95. The smallest absolute Gasteiger partial charge is 0.135 e. The number of rotatable bonds is 7. The summed E-state index contributed by atoms with van der Waals surface area (Å²) in [5, 5.41) is 0. The standard InChI is InChI=1S/C12H22O2/c1-12(2,14-3)9-5-4-6-11(13)10-7-8-10/h10H,4-9H2,1-3H3. The lowest BCUT2D eigenvalue weighted by atomic mass is 9.99. The van der Waals surface area contributed by atoms with Gasteiger partial charge in [-0.05, 0) is 39.5 Å². The molecule has 0 bridgehead atoms. The highest BCUT2D eigenvalue weighted by Gasteiger charge is 2.28. The van der Waals surface area contributed by atoms with Crippen LogP contribution < -0.4 is 0 Å². The lowest BCUT2D eigenvalue weighted by Crippen LogP contribution is -2.21. The molecule has 0 aliphatic heterocycles. The van der Waals surface area contributed by atoms with Crippen molar-refractivity contribution in [3.05, 3.63) is 0 Å². The second-order valence-electron chi connectivity index (χ2n) is 4.91. The lowest BCUT2D eigenvalue weighted by molar-refractivity contribution is -0.120. The fourth-order valence-corrected chi connectivity index (χ4v) is 1.56. The van der Waals surface area contributed by atoms with Crippen molar-refractivity contribution in [2.24, 2.45) is 5.92 Å². The Bertz CT molecular complexity index is 192. The highest BCUT2D eigenvalue weighted by Crippen LogP contribution is 2.31. The van der Waals surface area contributed by atoms with Gasteiger partial charge < -0.3 is 4.74 Å². The molecule has 1 fully saturated rings. The van der Waals surface area contributed by atoms with Crippen molar-refractivity contribution >= 4 is 5.78 Å². The molecule has 0 saturated heterocycles. The van der Waals surface area contributed by atoms with Crippen molar-refractivity contribution in [1.29, 1.82) is 0 Å². The van der Waals surface area contributed by atoms with E-state index in [9.17, 15) is 4.79 Å². The molecule has 0 spiro atoms. The van der Waals surface area contributed by atoms with Crippen molar-refractivity contribution < 1.29 is 9.53 Å². The summed E-state index contributed by atoms with van der Waals surface area (Å²) in [5.41, 5.74) is -0.0252. The monoisotopic (exact) mass is 198 g/mol. The number of carbonyl (C=O) groups excluding carboxylic acids is 1. The molecule has 0 atom stereocenters. The number of ketones is 1. The molecule has 82 valence electrons. The zero-order chi connectivity index (χ0) is 10.6. The summed E-state index contributed by atoms with van der Waals surface area (Å²) >= 11 is 0. The molecule has 0 aromatic carbocycles. The summed E-state index contributed by atoms with van der Waals surface area (Å²) in [6, 6.07) is 0. The van der Waals surface area contributed by atoms with E-state index in [1.54, 1.807) is 7.11 Å². The minimum Gasteiger partial charge on any atom is -0.379 e. The summed E-state index contributed by atoms with van der Waals surface area (Å²) in [6.45, 7) is 4.19. The van der Waals surface area contributed by atoms with Gasteiger partial charge in [0.15, 0.2) is 0 Å². The van der Waals surface area contributed by atoms with Crippen LogP contribution in [-0.4, -0.2) is 18.5 Å². The maximum Gasteiger partial charge on any atom is 0.135 e. The molecule has 0 aromatic rings. The van der Waals surface area contributed by atoms with E-state index in [4.69, 9.17) is 4.74 Å². The fraction of sp³-hybridized carbons (Fsp3) is 0.917. The first kappa shape index (κ1) is 11.7. The van der Waals surface area contributed by atoms with E-state index in [-0.39, 0.29) is 5.60 Å². The molecule has 1 saturated carbocycles. The summed E-state index contributed by atoms with van der Waals surface area (Å²) in [7, 11) is 1.75. The molecule has 1 aliphatic carbocycles. The van der Waals surface area contributed by atoms with E-state index in [0.717, 1.165) is 38.5 Å². The Morgan fingerprint density at radius 3 is 2.50 bits per heavy atom. The third kappa shape index (κ3) is 4.23. The van der Waals surface area contributed by atoms with Gasteiger partial charge in [-0.25, -0.2) is 0 Å². The van der Waals surface area contributed by atoms with Crippen LogP contribution in [0.1, 0.15) is 52.4 Å². The van der Waals surface area contributed by atoms with Crippen LogP contribution in [0, 0.1) is 5.92 Å². The molecule has 2 nitrogen and oxygen atoms in total. The summed E-state index contributed by atoms with van der Waals surface area (Å²) < 4.78 is 5.32. The van der Waals surface area contributed by atoms with Gasteiger partial charge in [0.1, 0.15) is 5.78 Å². The molecule has 0 heterocycles. The van der Waals surface area contributed by atoms with Crippen molar-refractivity contribution in [1.82, 2.24) is 0 Å². The van der Waals surface area contributed by atoms with Gasteiger partial charge in [0.25, 0.3) is 0 Å². The van der Waals surface area contributed by atoms with Gasteiger partial charge in [0.05, 0.1) is 5.60 Å². The van der Waals surface area contributed by atoms with Gasteiger partial charge in [0, 0.05) is 19.4 Å². The number of Topliss-reactive ketones (excluding diaryl/α,β-unsaturated/α-hetero) is 1. The highest BCUT2D eigenvalue weighted by atomic mass is 16.5. The molecule has 14 heavy (non-hydrogen) atoms. The third-order valence-electron chi connectivity index (χ3n) is 3.04. The van der Waals surface area contributed by atoms with Crippen LogP contribution in [0.5, 0.6) is 0 Å². The number of hydrogen-bond acceptors (Lipinski definition) is 2.